The maximum Gasteiger partial charge on any atom is 0.328 e. The molecule has 0 bridgehead atoms. The van der Waals surface area contributed by atoms with Gasteiger partial charge in [0.15, 0.2) is 0 Å². The van der Waals surface area contributed by atoms with Gasteiger partial charge in [-0.2, -0.15) is 0 Å². The number of carbonyl (C=O) groups excluding carboxylic acids is 1. The molecule has 0 aliphatic heterocycles. The molecule has 1 unspecified atom stereocenters. The lowest BCUT2D eigenvalue weighted by Crippen LogP contribution is -2.19. The minimum absolute atomic E-state index is 0.0771. The third kappa shape index (κ3) is 5.83. The predicted molar refractivity (Wildman–Crippen MR) is 74.6 cm³/mol. The molecule has 102 valence electrons. The Bertz CT molecular complexity index is 466. The lowest BCUT2D eigenvalue weighted by molar-refractivity contribution is -0.131. The van der Waals surface area contributed by atoms with Crippen LogP contribution in [-0.2, 0) is 9.59 Å². The van der Waals surface area contributed by atoms with Gasteiger partial charge in [-0.25, -0.2) is 4.79 Å². The number of rotatable bonds is 6. The Balaban J connectivity index is 2.57. The summed E-state index contributed by atoms with van der Waals surface area (Å²) in [7, 11) is 0. The molecule has 0 heterocycles. The molecule has 1 amide bonds. The zero-order chi connectivity index (χ0) is 14.3. The molecule has 0 aliphatic rings. The van der Waals surface area contributed by atoms with E-state index in [1.54, 1.807) is 24.3 Å². The van der Waals surface area contributed by atoms with Crippen molar-refractivity contribution >= 4 is 23.6 Å². The summed E-state index contributed by atoms with van der Waals surface area (Å²) in [5, 5.41) is 11.3. The van der Waals surface area contributed by atoms with E-state index in [9.17, 15) is 9.59 Å². The largest absolute Gasteiger partial charge is 0.478 e. The van der Waals surface area contributed by atoms with Gasteiger partial charge in [0.2, 0.25) is 5.91 Å². The maximum atomic E-state index is 11.6. The highest BCUT2D eigenvalue weighted by atomic mass is 16.4. The van der Waals surface area contributed by atoms with Crippen LogP contribution in [0, 0.1) is 5.92 Å². The number of hydrogen-bond acceptors (Lipinski definition) is 3. The number of nitrogens with two attached hydrogens (primary N) is 1. The Hall–Kier alpha value is -2.14. The fraction of sp³-hybridized carbons (Fsp3) is 0.286. The third-order valence-electron chi connectivity index (χ3n) is 2.55. The fourth-order valence-corrected chi connectivity index (χ4v) is 1.46. The first kappa shape index (κ1) is 14.9. The Kier molecular flexibility index (Phi) is 5.75. The molecule has 5 heteroatoms. The number of benzene rings is 1. The highest BCUT2D eigenvalue weighted by Gasteiger charge is 2.07. The minimum atomic E-state index is -0.992. The maximum absolute atomic E-state index is 11.6. The van der Waals surface area contributed by atoms with Gasteiger partial charge >= 0.3 is 5.97 Å². The molecule has 1 aromatic carbocycles. The Morgan fingerprint density at radius 3 is 2.53 bits per heavy atom. The molecular formula is C14H18N2O3. The van der Waals surface area contributed by atoms with Crippen LogP contribution in [0.3, 0.4) is 0 Å². The number of amides is 1. The van der Waals surface area contributed by atoms with Crippen molar-refractivity contribution in [2.24, 2.45) is 11.7 Å². The van der Waals surface area contributed by atoms with E-state index in [1.165, 1.54) is 6.08 Å². The summed E-state index contributed by atoms with van der Waals surface area (Å²) >= 11 is 0. The van der Waals surface area contributed by atoms with Crippen LogP contribution in [0.4, 0.5) is 5.69 Å². The van der Waals surface area contributed by atoms with Crippen molar-refractivity contribution in [3.63, 3.8) is 0 Å². The summed E-state index contributed by atoms with van der Waals surface area (Å²) in [4.78, 5) is 22.0. The first-order valence-corrected chi connectivity index (χ1v) is 6.02. The van der Waals surface area contributed by atoms with E-state index < -0.39 is 5.97 Å². The topological polar surface area (TPSA) is 92.4 Å². The van der Waals surface area contributed by atoms with Gasteiger partial charge in [-0.1, -0.05) is 19.1 Å². The number of carboxylic acid groups (broad SMARTS) is 1. The molecule has 0 saturated heterocycles. The summed E-state index contributed by atoms with van der Waals surface area (Å²) < 4.78 is 0. The van der Waals surface area contributed by atoms with Crippen molar-refractivity contribution in [3.05, 3.63) is 35.9 Å². The second-order valence-corrected chi connectivity index (χ2v) is 4.39. The predicted octanol–water partition coefficient (Wildman–Crippen LogP) is 1.71. The molecule has 0 radical (unpaired) electrons. The Morgan fingerprint density at radius 1 is 1.37 bits per heavy atom. The van der Waals surface area contributed by atoms with Gasteiger partial charge in [0.05, 0.1) is 0 Å². The summed E-state index contributed by atoms with van der Waals surface area (Å²) in [6, 6.07) is 6.93. The first-order valence-electron chi connectivity index (χ1n) is 6.02. The Labute approximate surface area is 112 Å². The van der Waals surface area contributed by atoms with Crippen molar-refractivity contribution in [2.45, 2.75) is 13.3 Å². The van der Waals surface area contributed by atoms with E-state index in [1.807, 2.05) is 6.92 Å². The van der Waals surface area contributed by atoms with Gasteiger partial charge in [0.25, 0.3) is 0 Å². The number of nitrogens with one attached hydrogen (secondary N) is 1. The van der Waals surface area contributed by atoms with Gasteiger partial charge in [-0.05, 0) is 36.2 Å². The van der Waals surface area contributed by atoms with E-state index >= 15 is 0 Å². The highest BCUT2D eigenvalue weighted by Crippen LogP contribution is 2.12. The normalized spacial score (nSPS) is 12.3. The standard InChI is InChI=1S/C14H18N2O3/c1-10(9-15)8-13(17)16-12-5-2-11(3-6-12)4-7-14(18)19/h2-7,10H,8-9,15H2,1H3,(H,16,17)(H,18,19)/b7-4+. The van der Waals surface area contributed by atoms with Crippen molar-refractivity contribution in [3.8, 4) is 0 Å². The van der Waals surface area contributed by atoms with E-state index in [0.29, 0.717) is 18.7 Å². The van der Waals surface area contributed by atoms with Crippen LogP contribution in [0.5, 0.6) is 0 Å². The van der Waals surface area contributed by atoms with Crippen LogP contribution >= 0.6 is 0 Å². The van der Waals surface area contributed by atoms with Crippen molar-refractivity contribution in [1.29, 1.82) is 0 Å². The number of hydrogen-bond donors (Lipinski definition) is 3. The van der Waals surface area contributed by atoms with Crippen LogP contribution in [0.25, 0.3) is 6.08 Å². The van der Waals surface area contributed by atoms with Gasteiger partial charge in [-0.3, -0.25) is 4.79 Å². The molecule has 1 aromatic rings. The Morgan fingerprint density at radius 2 is 2.00 bits per heavy atom. The molecule has 0 spiro atoms. The highest BCUT2D eigenvalue weighted by molar-refractivity contribution is 5.91. The molecule has 0 fully saturated rings. The smallest absolute Gasteiger partial charge is 0.328 e. The molecule has 1 rings (SSSR count). The molecule has 4 N–H and O–H groups in total. The summed E-state index contributed by atoms with van der Waals surface area (Å²) in [5.74, 6) is -0.919. The van der Waals surface area contributed by atoms with Crippen molar-refractivity contribution in [2.75, 3.05) is 11.9 Å². The second kappa shape index (κ2) is 7.33. The summed E-state index contributed by atoms with van der Waals surface area (Å²) in [5.41, 5.74) is 6.90. The zero-order valence-corrected chi connectivity index (χ0v) is 10.8. The molecule has 1 atom stereocenters. The monoisotopic (exact) mass is 262 g/mol. The van der Waals surface area contributed by atoms with Crippen LogP contribution in [0.2, 0.25) is 0 Å². The van der Waals surface area contributed by atoms with Gasteiger partial charge in [-0.15, -0.1) is 0 Å². The molecular weight excluding hydrogens is 244 g/mol. The van der Waals surface area contributed by atoms with Gasteiger partial charge < -0.3 is 16.2 Å². The molecule has 5 nitrogen and oxygen atoms in total. The van der Waals surface area contributed by atoms with Crippen molar-refractivity contribution in [1.82, 2.24) is 0 Å². The second-order valence-electron chi connectivity index (χ2n) is 4.39. The van der Waals surface area contributed by atoms with E-state index in [4.69, 9.17) is 10.8 Å². The van der Waals surface area contributed by atoms with Crippen LogP contribution in [0.1, 0.15) is 18.9 Å². The molecule has 0 aromatic heterocycles. The number of carbonyl (C=O) groups is 2. The van der Waals surface area contributed by atoms with E-state index in [2.05, 4.69) is 5.32 Å². The first-order chi connectivity index (χ1) is 9.01. The van der Waals surface area contributed by atoms with Gasteiger partial charge in [0, 0.05) is 18.2 Å². The van der Waals surface area contributed by atoms with Crippen LogP contribution < -0.4 is 11.1 Å². The van der Waals surface area contributed by atoms with E-state index in [-0.39, 0.29) is 11.8 Å². The number of carboxylic acids is 1. The minimum Gasteiger partial charge on any atom is -0.478 e. The third-order valence-corrected chi connectivity index (χ3v) is 2.55. The van der Waals surface area contributed by atoms with Gasteiger partial charge in [0.1, 0.15) is 0 Å². The lowest BCUT2D eigenvalue weighted by atomic mass is 10.1. The quantitative estimate of drug-likeness (QED) is 0.680. The average Bonchev–Trinajstić information content (AvgIpc) is 2.37. The van der Waals surface area contributed by atoms with Crippen molar-refractivity contribution < 1.29 is 14.7 Å². The van der Waals surface area contributed by atoms with E-state index in [0.717, 1.165) is 11.6 Å². The molecule has 0 aliphatic carbocycles. The lowest BCUT2D eigenvalue weighted by Gasteiger charge is -2.09. The SMILES string of the molecule is CC(CN)CC(=O)Nc1ccc(/C=C/C(=O)O)cc1. The molecule has 19 heavy (non-hydrogen) atoms. The number of aliphatic carboxylic acids is 1. The molecule has 0 saturated carbocycles. The zero-order valence-electron chi connectivity index (χ0n) is 10.8. The fourth-order valence-electron chi connectivity index (χ4n) is 1.46. The summed E-state index contributed by atoms with van der Waals surface area (Å²) in [6.45, 7) is 2.39. The average molecular weight is 262 g/mol. The van der Waals surface area contributed by atoms with Crippen LogP contribution in [-0.4, -0.2) is 23.5 Å². The summed E-state index contributed by atoms with van der Waals surface area (Å²) in [6.07, 6.45) is 2.94. The number of anilines is 1. The van der Waals surface area contributed by atoms with Crippen LogP contribution in [0.15, 0.2) is 30.3 Å².